The summed E-state index contributed by atoms with van der Waals surface area (Å²) in [7, 11) is 0. The number of hydrogen-bond donors (Lipinski definition) is 1. The van der Waals surface area contributed by atoms with Crippen molar-refractivity contribution in [3.63, 3.8) is 0 Å². The van der Waals surface area contributed by atoms with Crippen molar-refractivity contribution in [2.45, 2.75) is 20.8 Å². The van der Waals surface area contributed by atoms with Gasteiger partial charge in [-0.05, 0) is 114 Å². The molecule has 4 heteroatoms. The number of aromatic nitrogens is 2. The molecule has 7 rings (SSSR count). The molecule has 0 aliphatic rings. The average Bonchev–Trinajstić information content (AvgIpc) is 3.48. The number of benzene rings is 5. The summed E-state index contributed by atoms with van der Waals surface area (Å²) in [6, 6.07) is 47.1. The van der Waals surface area contributed by atoms with Gasteiger partial charge in [0.05, 0.1) is 5.69 Å². The highest BCUT2D eigenvalue weighted by Gasteiger charge is 2.15. The van der Waals surface area contributed by atoms with Gasteiger partial charge in [0.15, 0.2) is 0 Å². The summed E-state index contributed by atoms with van der Waals surface area (Å²) in [4.78, 5) is 5.07. The molecule has 0 saturated carbocycles. The molecule has 2 heterocycles. The third-order valence-corrected chi connectivity index (χ3v) is 8.25. The summed E-state index contributed by atoms with van der Waals surface area (Å²) in [5.74, 6) is 7.40. The van der Waals surface area contributed by atoms with Gasteiger partial charge in [0.1, 0.15) is 11.5 Å². The predicted molar refractivity (Wildman–Crippen MR) is 184 cm³/mol. The fourth-order valence-electron chi connectivity index (χ4n) is 6.23. The number of anilines is 2. The summed E-state index contributed by atoms with van der Waals surface area (Å²) < 4.78 is 2.14. The molecule has 0 fully saturated rings. The highest BCUT2D eigenvalue weighted by atomic mass is 15.4. The maximum Gasteiger partial charge on any atom is 0.149 e. The monoisotopic (exact) mass is 570 g/mol. The number of hydrogen-bond acceptors (Lipinski definition) is 3. The molecule has 2 aromatic heterocycles. The Morgan fingerprint density at radius 3 is 1.73 bits per heavy atom. The third-order valence-electron chi connectivity index (χ3n) is 8.25. The summed E-state index contributed by atoms with van der Waals surface area (Å²) in [6.07, 6.45) is 2.08. The summed E-state index contributed by atoms with van der Waals surface area (Å²) in [5.41, 5.74) is 13.4. The molecular weight excluding hydrogens is 536 g/mol. The van der Waals surface area contributed by atoms with Gasteiger partial charge in [0.2, 0.25) is 0 Å². The van der Waals surface area contributed by atoms with Crippen LogP contribution < -0.4 is 10.9 Å². The van der Waals surface area contributed by atoms with Gasteiger partial charge in [-0.3, -0.25) is 5.01 Å². The van der Waals surface area contributed by atoms with E-state index in [9.17, 15) is 0 Å². The van der Waals surface area contributed by atoms with Gasteiger partial charge in [0.25, 0.3) is 0 Å². The first-order chi connectivity index (χ1) is 21.4. The Bertz CT molecular complexity index is 2030. The lowest BCUT2D eigenvalue weighted by molar-refractivity contribution is 1.01. The zero-order chi connectivity index (χ0) is 30.2. The van der Waals surface area contributed by atoms with Crippen LogP contribution >= 0.6 is 0 Å². The first kappa shape index (κ1) is 27.4. The van der Waals surface area contributed by atoms with Crippen LogP contribution in [0.4, 0.5) is 11.5 Å². The van der Waals surface area contributed by atoms with Crippen molar-refractivity contribution in [1.82, 2.24) is 9.55 Å². The maximum absolute atomic E-state index is 6.70. The molecule has 0 saturated heterocycles. The summed E-state index contributed by atoms with van der Waals surface area (Å²) in [5, 5.41) is 2.76. The zero-order valence-corrected chi connectivity index (χ0v) is 25.2. The molecule has 0 bridgehead atoms. The largest absolute Gasteiger partial charge is 0.301 e. The Kier molecular flexibility index (Phi) is 7.05. The van der Waals surface area contributed by atoms with Crippen molar-refractivity contribution < 1.29 is 0 Å². The van der Waals surface area contributed by atoms with E-state index in [1.54, 1.807) is 5.01 Å². The van der Waals surface area contributed by atoms with Crippen LogP contribution in [0.25, 0.3) is 50.1 Å². The van der Waals surface area contributed by atoms with E-state index in [4.69, 9.17) is 10.8 Å². The second kappa shape index (κ2) is 11.3. The number of pyridine rings is 1. The number of fused-ring (bicyclic) bond motifs is 1. The van der Waals surface area contributed by atoms with E-state index in [1.807, 2.05) is 6.07 Å². The molecule has 44 heavy (non-hydrogen) atoms. The second-order valence-electron chi connectivity index (χ2n) is 11.5. The summed E-state index contributed by atoms with van der Waals surface area (Å²) >= 11 is 0. The predicted octanol–water partition coefficient (Wildman–Crippen LogP) is 9.96. The molecule has 0 unspecified atom stereocenters. The summed E-state index contributed by atoms with van der Waals surface area (Å²) in [6.45, 7) is 6.30. The maximum atomic E-state index is 6.70. The van der Waals surface area contributed by atoms with E-state index in [0.717, 1.165) is 44.7 Å². The van der Waals surface area contributed by atoms with Gasteiger partial charge < -0.3 is 4.57 Å². The van der Waals surface area contributed by atoms with Crippen molar-refractivity contribution in [1.29, 1.82) is 0 Å². The Morgan fingerprint density at radius 1 is 0.545 bits per heavy atom. The molecule has 0 radical (unpaired) electrons. The minimum atomic E-state index is 0.701. The molecule has 0 aliphatic heterocycles. The number of hydrazine groups is 1. The number of rotatable bonds is 6. The minimum absolute atomic E-state index is 0.701. The van der Waals surface area contributed by atoms with E-state index in [-0.39, 0.29) is 0 Å². The molecule has 0 spiro atoms. The molecule has 7 aromatic rings. The molecular formula is C40H34N4. The van der Waals surface area contributed by atoms with E-state index < -0.39 is 0 Å². The molecule has 0 atom stereocenters. The van der Waals surface area contributed by atoms with Crippen LogP contribution in [0.5, 0.6) is 0 Å². The highest BCUT2D eigenvalue weighted by molar-refractivity contribution is 5.84. The van der Waals surface area contributed by atoms with Gasteiger partial charge in [-0.2, -0.15) is 0 Å². The fraction of sp³-hybridized carbons (Fsp3) is 0.0750. The Balaban J connectivity index is 1.31. The normalized spacial score (nSPS) is 11.2. The lowest BCUT2D eigenvalue weighted by Crippen LogP contribution is -2.27. The van der Waals surface area contributed by atoms with Crippen LogP contribution in [0.3, 0.4) is 0 Å². The van der Waals surface area contributed by atoms with Crippen LogP contribution in [0, 0.1) is 20.8 Å². The highest BCUT2D eigenvalue weighted by Crippen LogP contribution is 2.35. The molecule has 5 aromatic carbocycles. The van der Waals surface area contributed by atoms with Gasteiger partial charge in [-0.1, -0.05) is 90.5 Å². The van der Waals surface area contributed by atoms with E-state index in [0.29, 0.717) is 5.82 Å². The van der Waals surface area contributed by atoms with Crippen molar-refractivity contribution in [2.75, 3.05) is 5.01 Å². The van der Waals surface area contributed by atoms with Crippen LogP contribution in [0.1, 0.15) is 16.7 Å². The molecule has 0 aliphatic carbocycles. The van der Waals surface area contributed by atoms with Crippen molar-refractivity contribution in [3.05, 3.63) is 156 Å². The van der Waals surface area contributed by atoms with Gasteiger partial charge in [-0.15, -0.1) is 0 Å². The van der Waals surface area contributed by atoms with E-state index in [2.05, 4.69) is 159 Å². The first-order valence-corrected chi connectivity index (χ1v) is 14.9. The number of nitrogens with zero attached hydrogens (tertiary/aromatic N) is 3. The molecule has 2 N–H and O–H groups in total. The Labute approximate surface area is 258 Å². The van der Waals surface area contributed by atoms with Crippen LogP contribution in [-0.2, 0) is 0 Å². The molecule has 214 valence electrons. The van der Waals surface area contributed by atoms with Gasteiger partial charge in [0, 0.05) is 17.3 Å². The lowest BCUT2D eigenvalue weighted by Gasteiger charge is -2.23. The Morgan fingerprint density at radius 2 is 1.11 bits per heavy atom. The second-order valence-corrected chi connectivity index (χ2v) is 11.5. The van der Waals surface area contributed by atoms with E-state index >= 15 is 0 Å². The van der Waals surface area contributed by atoms with Gasteiger partial charge in [-0.25, -0.2) is 10.8 Å². The fourth-order valence-corrected chi connectivity index (χ4v) is 6.23. The van der Waals surface area contributed by atoms with Crippen molar-refractivity contribution >= 4 is 22.5 Å². The average molecular weight is 571 g/mol. The lowest BCUT2D eigenvalue weighted by atomic mass is 9.93. The molecule has 4 nitrogen and oxygen atoms in total. The van der Waals surface area contributed by atoms with Crippen LogP contribution in [-0.4, -0.2) is 9.55 Å². The third kappa shape index (κ3) is 5.17. The minimum Gasteiger partial charge on any atom is -0.301 e. The smallest absolute Gasteiger partial charge is 0.149 e. The number of nitrogens with two attached hydrogens (primary N) is 1. The standard InChI is InChI=1S/C40H34N4/c1-27-21-28(2)39(29(3)22-27)44(41)38-18-17-32-19-20-43(40(32)42-38)37-16-10-15-33(26-37)36-24-34(30-11-6-4-7-12-30)23-35(25-36)31-13-8-5-9-14-31/h4-26H,41H2,1-3H3. The van der Waals surface area contributed by atoms with Crippen LogP contribution in [0.2, 0.25) is 0 Å². The van der Waals surface area contributed by atoms with Crippen LogP contribution in [0.15, 0.2) is 140 Å². The first-order valence-electron chi connectivity index (χ1n) is 14.9. The van der Waals surface area contributed by atoms with Crippen molar-refractivity contribution in [3.8, 4) is 39.1 Å². The Hall–Kier alpha value is -5.45. The topological polar surface area (TPSA) is 47.1 Å². The van der Waals surface area contributed by atoms with E-state index in [1.165, 1.54) is 27.8 Å². The quantitative estimate of drug-likeness (QED) is 0.160. The number of aryl methyl sites for hydroxylation is 3. The van der Waals surface area contributed by atoms with Crippen molar-refractivity contribution in [2.24, 2.45) is 5.84 Å². The van der Waals surface area contributed by atoms with Gasteiger partial charge >= 0.3 is 0 Å². The molecule has 0 amide bonds. The zero-order valence-electron chi connectivity index (χ0n) is 25.2. The SMILES string of the molecule is Cc1cc(C)c(N(N)c2ccc3ccn(-c4cccc(-c5cc(-c6ccccc6)cc(-c6ccccc6)c5)c4)c3n2)c(C)c1.